The maximum Gasteiger partial charge on any atom is 0.232 e. The van der Waals surface area contributed by atoms with E-state index < -0.39 is 0 Å². The van der Waals surface area contributed by atoms with Crippen molar-refractivity contribution in [3.8, 4) is 0 Å². The third-order valence-corrected chi connectivity index (χ3v) is 0.493. The molecular formula is C3H5NO2. The molecule has 0 atom stereocenters. The molecule has 0 saturated heterocycles. The van der Waals surface area contributed by atoms with Crippen molar-refractivity contribution >= 4 is 0 Å². The van der Waals surface area contributed by atoms with Gasteiger partial charge in [0, 0.05) is 0 Å². The van der Waals surface area contributed by atoms with Crippen LogP contribution in [0.1, 0.15) is 0 Å². The second-order valence-electron chi connectivity index (χ2n) is 0.949. The summed E-state index contributed by atoms with van der Waals surface area (Å²) >= 11 is 0. The topological polar surface area (TPSA) is 44.5 Å². The van der Waals surface area contributed by atoms with Crippen molar-refractivity contribution in [1.29, 1.82) is 0 Å². The van der Waals surface area contributed by atoms with Crippen molar-refractivity contribution in [1.82, 2.24) is 0 Å². The van der Waals surface area contributed by atoms with Crippen LogP contribution >= 0.6 is 0 Å². The van der Waals surface area contributed by atoms with E-state index in [1.807, 2.05) is 0 Å². The van der Waals surface area contributed by atoms with Crippen molar-refractivity contribution in [2.75, 3.05) is 6.79 Å². The van der Waals surface area contributed by atoms with Gasteiger partial charge in [-0.05, 0) is 0 Å². The van der Waals surface area contributed by atoms with E-state index in [4.69, 9.17) is 5.73 Å². The fourth-order valence-electron chi connectivity index (χ4n) is 0.252. The van der Waals surface area contributed by atoms with E-state index in [1.54, 1.807) is 0 Å². The molecule has 0 amide bonds. The molecule has 0 aliphatic carbocycles. The number of nitrogens with two attached hydrogens (primary N) is 1. The van der Waals surface area contributed by atoms with Crippen LogP contribution in [-0.2, 0) is 9.47 Å². The molecule has 0 aromatic heterocycles. The van der Waals surface area contributed by atoms with Gasteiger partial charge in [0.25, 0.3) is 0 Å². The van der Waals surface area contributed by atoms with Gasteiger partial charge in [-0.3, -0.25) is 0 Å². The Morgan fingerprint density at radius 3 is 2.83 bits per heavy atom. The zero-order valence-electron chi connectivity index (χ0n) is 3.18. The lowest BCUT2D eigenvalue weighted by Gasteiger charge is -1.86. The molecule has 0 bridgehead atoms. The third-order valence-electron chi connectivity index (χ3n) is 0.493. The van der Waals surface area contributed by atoms with Crippen LogP contribution in [0.3, 0.4) is 0 Å². The van der Waals surface area contributed by atoms with Crippen LogP contribution in [0.4, 0.5) is 0 Å². The van der Waals surface area contributed by atoms with Crippen molar-refractivity contribution < 1.29 is 9.47 Å². The van der Waals surface area contributed by atoms with Crippen molar-refractivity contribution in [3.63, 3.8) is 0 Å². The number of ether oxygens (including phenoxy) is 2. The van der Waals surface area contributed by atoms with E-state index in [0.717, 1.165) is 0 Å². The highest BCUT2D eigenvalue weighted by molar-refractivity contribution is 4.81. The van der Waals surface area contributed by atoms with Crippen molar-refractivity contribution in [3.05, 3.63) is 12.1 Å². The van der Waals surface area contributed by atoms with Gasteiger partial charge in [-0.1, -0.05) is 0 Å². The minimum absolute atomic E-state index is 0.270. The molecular weight excluding hydrogens is 82.0 g/mol. The summed E-state index contributed by atoms with van der Waals surface area (Å²) in [6, 6.07) is 0. The van der Waals surface area contributed by atoms with Gasteiger partial charge in [-0.15, -0.1) is 0 Å². The average molecular weight is 87.1 g/mol. The lowest BCUT2D eigenvalue weighted by molar-refractivity contribution is 0.0798. The van der Waals surface area contributed by atoms with Gasteiger partial charge in [0.2, 0.25) is 12.7 Å². The van der Waals surface area contributed by atoms with Crippen LogP contribution in [0.2, 0.25) is 0 Å². The average Bonchev–Trinajstić information content (AvgIpc) is 1.86. The molecule has 3 heteroatoms. The van der Waals surface area contributed by atoms with Crippen LogP contribution in [0.5, 0.6) is 0 Å². The van der Waals surface area contributed by atoms with Gasteiger partial charge in [0.1, 0.15) is 6.26 Å². The lowest BCUT2D eigenvalue weighted by Crippen LogP contribution is -1.95. The Morgan fingerprint density at radius 1 is 1.83 bits per heavy atom. The standard InChI is InChI=1S/C3H5NO2/c4-3-1-5-2-6-3/h1H,2,4H2. The normalized spacial score (nSPS) is 18.3. The quantitative estimate of drug-likeness (QED) is 0.443. The van der Waals surface area contributed by atoms with E-state index >= 15 is 0 Å². The Labute approximate surface area is 35.3 Å². The van der Waals surface area contributed by atoms with Gasteiger partial charge in [-0.2, -0.15) is 0 Å². The molecule has 3 nitrogen and oxygen atoms in total. The van der Waals surface area contributed by atoms with Crippen LogP contribution in [0.25, 0.3) is 0 Å². The third kappa shape index (κ3) is 0.381. The molecule has 1 heterocycles. The van der Waals surface area contributed by atoms with Crippen LogP contribution in [0, 0.1) is 0 Å². The fourth-order valence-corrected chi connectivity index (χ4v) is 0.252. The highest BCUT2D eigenvalue weighted by Gasteiger charge is 1.95. The van der Waals surface area contributed by atoms with Gasteiger partial charge in [0.05, 0.1) is 0 Å². The summed E-state index contributed by atoms with van der Waals surface area (Å²) in [4.78, 5) is 0. The zero-order valence-corrected chi connectivity index (χ0v) is 3.18. The SMILES string of the molecule is NC1=COCO1. The predicted molar refractivity (Wildman–Crippen MR) is 19.3 cm³/mol. The zero-order chi connectivity index (χ0) is 4.41. The highest BCUT2D eigenvalue weighted by atomic mass is 16.7. The van der Waals surface area contributed by atoms with Crippen molar-refractivity contribution in [2.45, 2.75) is 0 Å². The smallest absolute Gasteiger partial charge is 0.232 e. The summed E-state index contributed by atoms with van der Waals surface area (Å²) in [5.74, 6) is 0.356. The molecule has 0 aromatic rings. The number of hydrogen-bond donors (Lipinski definition) is 1. The van der Waals surface area contributed by atoms with Gasteiger partial charge < -0.3 is 15.2 Å². The summed E-state index contributed by atoms with van der Waals surface area (Å²) in [6.07, 6.45) is 1.38. The molecule has 0 fully saturated rings. The van der Waals surface area contributed by atoms with Crippen LogP contribution < -0.4 is 5.73 Å². The molecule has 0 spiro atoms. The molecule has 1 aliphatic heterocycles. The summed E-state index contributed by atoms with van der Waals surface area (Å²) in [6.45, 7) is 0.270. The molecule has 1 aliphatic rings. The molecule has 2 N–H and O–H groups in total. The number of rotatable bonds is 0. The second-order valence-corrected chi connectivity index (χ2v) is 0.949. The first-order valence-corrected chi connectivity index (χ1v) is 1.59. The summed E-state index contributed by atoms with van der Waals surface area (Å²) in [5, 5.41) is 0. The van der Waals surface area contributed by atoms with Crippen LogP contribution in [0.15, 0.2) is 12.1 Å². The van der Waals surface area contributed by atoms with E-state index in [-0.39, 0.29) is 6.79 Å². The molecule has 0 radical (unpaired) electrons. The maximum absolute atomic E-state index is 5.05. The molecule has 6 heavy (non-hydrogen) atoms. The number of hydrogen-bond acceptors (Lipinski definition) is 3. The molecule has 34 valence electrons. The molecule has 0 saturated carbocycles. The maximum atomic E-state index is 5.05. The summed E-state index contributed by atoms with van der Waals surface area (Å²) in [5.41, 5.74) is 5.05. The minimum atomic E-state index is 0.270. The molecule has 1 rings (SSSR count). The van der Waals surface area contributed by atoms with E-state index in [1.165, 1.54) is 6.26 Å². The Morgan fingerprint density at radius 2 is 2.67 bits per heavy atom. The Bertz CT molecular complexity index is 78.9. The van der Waals surface area contributed by atoms with E-state index in [9.17, 15) is 0 Å². The largest absolute Gasteiger partial charge is 0.459 e. The van der Waals surface area contributed by atoms with E-state index in [2.05, 4.69) is 9.47 Å². The highest BCUT2D eigenvalue weighted by Crippen LogP contribution is 1.96. The minimum Gasteiger partial charge on any atom is -0.459 e. The Kier molecular flexibility index (Phi) is 0.602. The van der Waals surface area contributed by atoms with Gasteiger partial charge >= 0.3 is 0 Å². The fraction of sp³-hybridized carbons (Fsp3) is 0.333. The second kappa shape index (κ2) is 1.08. The molecule has 0 aromatic carbocycles. The first-order valence-electron chi connectivity index (χ1n) is 1.59. The Balaban J connectivity index is 2.45. The van der Waals surface area contributed by atoms with E-state index in [0.29, 0.717) is 5.88 Å². The lowest BCUT2D eigenvalue weighted by atomic mass is 10.9. The predicted octanol–water partition coefficient (Wildman–Crippen LogP) is -0.252. The van der Waals surface area contributed by atoms with Gasteiger partial charge in [-0.25, -0.2) is 0 Å². The monoisotopic (exact) mass is 87.0 g/mol. The Hall–Kier alpha value is -0.860. The first-order chi connectivity index (χ1) is 2.89. The summed E-state index contributed by atoms with van der Waals surface area (Å²) < 4.78 is 9.12. The van der Waals surface area contributed by atoms with Crippen molar-refractivity contribution in [2.24, 2.45) is 5.73 Å². The summed E-state index contributed by atoms with van der Waals surface area (Å²) in [7, 11) is 0. The first kappa shape index (κ1) is 3.33. The molecule has 0 unspecified atom stereocenters. The van der Waals surface area contributed by atoms with Gasteiger partial charge in [0.15, 0.2) is 0 Å². The van der Waals surface area contributed by atoms with Crippen LogP contribution in [-0.4, -0.2) is 6.79 Å².